The number of benzene rings is 24. The Morgan fingerprint density at radius 1 is 0.154 bits per heavy atom. The van der Waals surface area contributed by atoms with Gasteiger partial charge >= 0.3 is 0 Å². The Hall–Kier alpha value is -17.8. The Bertz CT molecular complexity index is 9640. The Kier molecular flexibility index (Phi) is 18.4. The average molecular weight is 1750 g/mol. The van der Waals surface area contributed by atoms with Crippen molar-refractivity contribution in [2.24, 2.45) is 0 Å². The summed E-state index contributed by atoms with van der Waals surface area (Å²) in [5.41, 5.74) is 22.7. The second-order valence-electron chi connectivity index (χ2n) is 35.2. The van der Waals surface area contributed by atoms with Crippen molar-refractivity contribution in [3.05, 3.63) is 485 Å². The summed E-state index contributed by atoms with van der Waals surface area (Å²) < 4.78 is 22.3. The Morgan fingerprint density at radius 2 is 0.456 bits per heavy atom. The molecular formula is C128H80N4O3S. The molecule has 0 aliphatic rings. The van der Waals surface area contributed by atoms with Crippen molar-refractivity contribution < 1.29 is 13.3 Å². The molecule has 0 spiro atoms. The number of para-hydroxylation sites is 9. The molecule has 4 aromatic heterocycles. The van der Waals surface area contributed by atoms with Crippen LogP contribution < -0.4 is 19.6 Å². The molecule has 7 nitrogen and oxygen atoms in total. The van der Waals surface area contributed by atoms with E-state index in [2.05, 4.69) is 475 Å². The molecule has 136 heavy (non-hydrogen) atoms. The highest BCUT2D eigenvalue weighted by atomic mass is 32.1. The Morgan fingerprint density at radius 3 is 0.941 bits per heavy atom. The maximum Gasteiger partial charge on any atom is 0.159 e. The molecule has 28 rings (SSSR count). The number of thiophene rings is 1. The van der Waals surface area contributed by atoms with Gasteiger partial charge in [-0.05, 0) is 249 Å². The summed E-state index contributed by atoms with van der Waals surface area (Å²) in [6.45, 7) is 0. The molecule has 0 amide bonds. The van der Waals surface area contributed by atoms with Gasteiger partial charge in [0.05, 0.1) is 22.7 Å². The highest BCUT2D eigenvalue weighted by molar-refractivity contribution is 7.25. The first-order valence-corrected chi connectivity index (χ1v) is 47.1. The lowest BCUT2D eigenvalue weighted by Crippen LogP contribution is -2.11. The lowest BCUT2D eigenvalue weighted by atomic mass is 9.90. The third kappa shape index (κ3) is 12.9. The summed E-state index contributed by atoms with van der Waals surface area (Å²) in [4.78, 5) is 9.50. The van der Waals surface area contributed by atoms with Crippen LogP contribution in [0.3, 0.4) is 0 Å². The van der Waals surface area contributed by atoms with E-state index in [0.29, 0.717) is 0 Å². The minimum absolute atomic E-state index is 0.858. The topological polar surface area (TPSA) is 52.4 Å². The van der Waals surface area contributed by atoms with Crippen molar-refractivity contribution in [2.45, 2.75) is 0 Å². The molecule has 24 aromatic carbocycles. The van der Waals surface area contributed by atoms with Crippen LogP contribution >= 0.6 is 11.3 Å². The van der Waals surface area contributed by atoms with Gasteiger partial charge in [0.15, 0.2) is 11.2 Å². The normalized spacial score (nSPS) is 11.8. The molecule has 0 saturated heterocycles. The van der Waals surface area contributed by atoms with Gasteiger partial charge in [-0.1, -0.05) is 328 Å². The van der Waals surface area contributed by atoms with Crippen LogP contribution in [0.2, 0.25) is 0 Å². The molecule has 0 bridgehead atoms. The largest absolute Gasteiger partial charge is 0.456 e. The second kappa shape index (κ2) is 32.0. The molecule has 0 saturated carbocycles. The van der Waals surface area contributed by atoms with Gasteiger partial charge in [-0.15, -0.1) is 11.3 Å². The predicted molar refractivity (Wildman–Crippen MR) is 577 cm³/mol. The third-order valence-corrected chi connectivity index (χ3v) is 28.7. The van der Waals surface area contributed by atoms with Crippen LogP contribution in [0.1, 0.15) is 0 Å². The van der Waals surface area contributed by atoms with E-state index >= 15 is 0 Å². The molecule has 636 valence electrons. The van der Waals surface area contributed by atoms with Gasteiger partial charge in [-0.2, -0.15) is 0 Å². The Balaban J connectivity index is 0.000000138. The number of nitrogens with zero attached hydrogens (tertiary/aromatic N) is 4. The smallest absolute Gasteiger partial charge is 0.159 e. The minimum atomic E-state index is 0.858. The van der Waals surface area contributed by atoms with E-state index in [0.717, 1.165) is 145 Å². The van der Waals surface area contributed by atoms with Crippen molar-refractivity contribution in [3.63, 3.8) is 0 Å². The van der Waals surface area contributed by atoms with Gasteiger partial charge < -0.3 is 32.9 Å². The molecule has 0 N–H and O–H groups in total. The molecule has 8 heteroatoms. The monoisotopic (exact) mass is 1750 g/mol. The van der Waals surface area contributed by atoms with Crippen molar-refractivity contribution in [1.29, 1.82) is 0 Å². The fourth-order valence-electron chi connectivity index (χ4n) is 21.5. The summed E-state index contributed by atoms with van der Waals surface area (Å²) in [5, 5.41) is 28.7. The number of hydrogen-bond acceptors (Lipinski definition) is 8. The van der Waals surface area contributed by atoms with Crippen LogP contribution in [0, 0.1) is 0 Å². The van der Waals surface area contributed by atoms with Crippen LogP contribution in [0.15, 0.2) is 499 Å². The average Bonchev–Trinajstić information content (AvgIpc) is 1.09. The lowest BCUT2D eigenvalue weighted by Gasteiger charge is -2.28. The maximum absolute atomic E-state index is 6.63. The van der Waals surface area contributed by atoms with E-state index in [1.54, 1.807) is 0 Å². The molecule has 0 radical (unpaired) electrons. The second-order valence-corrected chi connectivity index (χ2v) is 36.3. The summed E-state index contributed by atoms with van der Waals surface area (Å²) in [6, 6.07) is 175. The number of furan rings is 3. The van der Waals surface area contributed by atoms with Gasteiger partial charge in [-0.25, -0.2) is 0 Å². The summed E-state index contributed by atoms with van der Waals surface area (Å²) in [5.74, 6) is 0. The fourth-order valence-corrected chi connectivity index (χ4v) is 22.6. The molecule has 0 aliphatic heterocycles. The summed E-state index contributed by atoms with van der Waals surface area (Å²) in [6.07, 6.45) is 0. The summed E-state index contributed by atoms with van der Waals surface area (Å²) >= 11 is 1.85. The lowest BCUT2D eigenvalue weighted by molar-refractivity contribution is 0.668. The summed E-state index contributed by atoms with van der Waals surface area (Å²) in [7, 11) is 0. The number of anilines is 12. The van der Waals surface area contributed by atoms with E-state index in [4.69, 9.17) is 13.3 Å². The predicted octanol–water partition coefficient (Wildman–Crippen LogP) is 37.9. The molecular weight excluding hydrogens is 1670 g/mol. The standard InChI is InChI=1S/C64H40N2O2.C64H40N2OS/c1-3-16-41(17-4-1)47-20-9-12-26-58(47)66(46-33-37-53-51-22-10-13-28-60(51)67-62(53)40-46)45-32-36-50-55-34-30-42-38-44(31-35-48(42)63(55)54-24-8-7-21-49(54)57(50)39-45)65(43-18-5-2-6-19-43)59-27-15-25-56-52-23-11-14-29-61(52)68-64(56)59;1-3-16-41(17-4-1)47-20-9-12-26-58(47)66(46-33-37-62-57(40-46)52-23-11-14-29-61(52)68-62)45-32-36-50-54-34-30-42-38-44(31-35-48(42)63(54)53-24-8-7-21-49(53)56(50)39-45)65(43-18-5-2-6-19-43)59-27-15-25-55-51-22-10-13-28-60(51)67-64(55)59/h2*1-40H. The van der Waals surface area contributed by atoms with E-state index in [-0.39, 0.29) is 0 Å². The van der Waals surface area contributed by atoms with Crippen molar-refractivity contribution in [2.75, 3.05) is 19.6 Å². The van der Waals surface area contributed by atoms with Crippen molar-refractivity contribution >= 4 is 252 Å². The zero-order chi connectivity index (χ0) is 89.4. The quantitative estimate of drug-likeness (QED) is 0.101. The first-order valence-electron chi connectivity index (χ1n) is 46.3. The van der Waals surface area contributed by atoms with Crippen LogP contribution in [0.25, 0.3) is 194 Å². The zero-order valence-corrected chi connectivity index (χ0v) is 74.4. The molecule has 0 unspecified atom stereocenters. The number of fused-ring (bicyclic) bond motifs is 28. The first kappa shape index (κ1) is 78.1. The van der Waals surface area contributed by atoms with Gasteiger partial charge in [0.2, 0.25) is 0 Å². The number of hydrogen-bond donors (Lipinski definition) is 0. The van der Waals surface area contributed by atoms with Crippen LogP contribution in [0.5, 0.6) is 0 Å². The fraction of sp³-hybridized carbons (Fsp3) is 0. The maximum atomic E-state index is 6.63. The van der Waals surface area contributed by atoms with E-state index in [9.17, 15) is 0 Å². The highest BCUT2D eigenvalue weighted by Gasteiger charge is 2.28. The zero-order valence-electron chi connectivity index (χ0n) is 73.6. The molecule has 0 aliphatic carbocycles. The van der Waals surface area contributed by atoms with Gasteiger partial charge in [0, 0.05) is 115 Å². The van der Waals surface area contributed by atoms with E-state index in [1.165, 1.54) is 117 Å². The van der Waals surface area contributed by atoms with Gasteiger partial charge in [0.25, 0.3) is 0 Å². The molecule has 4 heterocycles. The molecule has 0 atom stereocenters. The minimum Gasteiger partial charge on any atom is -0.456 e. The van der Waals surface area contributed by atoms with Crippen LogP contribution in [-0.4, -0.2) is 0 Å². The Labute approximate surface area is 786 Å². The number of rotatable bonds is 14. The third-order valence-electron chi connectivity index (χ3n) is 27.6. The van der Waals surface area contributed by atoms with Crippen molar-refractivity contribution in [3.8, 4) is 22.3 Å². The van der Waals surface area contributed by atoms with Crippen LogP contribution in [0.4, 0.5) is 68.2 Å². The first-order chi connectivity index (χ1) is 67.5. The van der Waals surface area contributed by atoms with Gasteiger partial charge in [-0.3, -0.25) is 0 Å². The van der Waals surface area contributed by atoms with Crippen LogP contribution in [-0.2, 0) is 0 Å². The van der Waals surface area contributed by atoms with Gasteiger partial charge in [0.1, 0.15) is 22.3 Å². The van der Waals surface area contributed by atoms with E-state index < -0.39 is 0 Å². The van der Waals surface area contributed by atoms with E-state index in [1.807, 2.05) is 41.7 Å². The highest BCUT2D eigenvalue weighted by Crippen LogP contribution is 2.53. The SMILES string of the molecule is c1ccc(-c2ccccc2N(c2ccc3c(c2)oc2ccccc23)c2ccc3c(c2)c2ccccc2c2c4ccc(N(c5ccccc5)c5cccc6c5oc5ccccc56)cc4ccc32)cc1.c1ccc(-c2ccccc2N(c2ccc3sc4ccccc4c3c2)c2ccc3c(c2)c2ccccc2c2c4ccc(N(c5ccccc5)c5cccc6c5oc5ccccc56)cc4ccc32)cc1. The van der Waals surface area contributed by atoms with Crippen molar-refractivity contribution in [1.82, 2.24) is 0 Å². The molecule has 28 aromatic rings. The molecule has 0 fully saturated rings.